The third kappa shape index (κ3) is 5.42. The standard InChI is InChI=1S/C54H34N6/c1-3-10-35(11-4-1)37-18-21-48-45(28-37)47-31-46-44-20-19-42(36-12-5-2-6-13-36)43-16-7-17-49(54(43)44)60(53-30-39(23-27-58-53)41-15-9-25-56-34-41)50(46)32-51(47)59(48)52-29-38(22-26-57-52)40-14-8-24-55-33-40/h1-34H. The Labute approximate surface area is 346 Å². The van der Waals surface area contributed by atoms with Crippen molar-refractivity contribution >= 4 is 49.8 Å². The lowest BCUT2D eigenvalue weighted by molar-refractivity contribution is 1.08. The van der Waals surface area contributed by atoms with Crippen molar-refractivity contribution in [3.05, 3.63) is 207 Å². The number of benzene rings is 6. The second-order valence-corrected chi connectivity index (χ2v) is 15.2. The molecule has 0 aliphatic carbocycles. The Bertz CT molecular complexity index is 3420. The number of pyridine rings is 4. The van der Waals surface area contributed by atoms with E-state index in [1.54, 1.807) is 6.20 Å². The third-order valence-corrected chi connectivity index (χ3v) is 11.8. The van der Waals surface area contributed by atoms with Crippen molar-refractivity contribution in [3.8, 4) is 61.5 Å². The smallest absolute Gasteiger partial charge is 0.138 e. The Kier molecular flexibility index (Phi) is 7.74. The Morgan fingerprint density at radius 2 is 0.967 bits per heavy atom. The van der Waals surface area contributed by atoms with E-state index in [-0.39, 0.29) is 0 Å². The highest BCUT2D eigenvalue weighted by molar-refractivity contribution is 6.21. The third-order valence-electron chi connectivity index (χ3n) is 11.8. The van der Waals surface area contributed by atoms with Crippen LogP contribution in [0.5, 0.6) is 0 Å². The van der Waals surface area contributed by atoms with Crippen LogP contribution in [-0.2, 0) is 0 Å². The van der Waals surface area contributed by atoms with Gasteiger partial charge in [0, 0.05) is 70.0 Å². The van der Waals surface area contributed by atoms with Gasteiger partial charge in [-0.15, -0.1) is 0 Å². The van der Waals surface area contributed by atoms with Gasteiger partial charge in [0.25, 0.3) is 0 Å². The van der Waals surface area contributed by atoms with Crippen LogP contribution in [0.1, 0.15) is 0 Å². The number of rotatable bonds is 6. The first-order valence-electron chi connectivity index (χ1n) is 20.1. The van der Waals surface area contributed by atoms with Crippen molar-refractivity contribution in [1.82, 2.24) is 24.5 Å². The van der Waals surface area contributed by atoms with Gasteiger partial charge < -0.3 is 0 Å². The minimum absolute atomic E-state index is 0.825. The van der Waals surface area contributed by atoms with E-state index in [1.807, 2.05) is 49.2 Å². The molecule has 11 aromatic rings. The maximum Gasteiger partial charge on any atom is 0.138 e. The molecule has 0 fully saturated rings. The molecular weight excluding hydrogens is 733 g/mol. The fraction of sp³-hybridized carbons (Fsp3) is 0. The summed E-state index contributed by atoms with van der Waals surface area (Å²) in [7, 11) is 0. The van der Waals surface area contributed by atoms with E-state index < -0.39 is 0 Å². The average Bonchev–Trinajstić information content (AvgIpc) is 3.65. The van der Waals surface area contributed by atoms with Crippen molar-refractivity contribution < 1.29 is 0 Å². The number of hydrogen-bond acceptors (Lipinski definition) is 5. The van der Waals surface area contributed by atoms with E-state index in [1.165, 1.54) is 33.0 Å². The molecule has 5 aromatic heterocycles. The Balaban J connectivity index is 1.18. The van der Waals surface area contributed by atoms with Crippen LogP contribution in [0.25, 0.3) is 94.0 Å². The molecule has 0 radical (unpaired) electrons. The van der Waals surface area contributed by atoms with Crippen LogP contribution in [0, 0.1) is 0 Å². The summed E-state index contributed by atoms with van der Waals surface area (Å²) in [6.45, 7) is 0. The molecule has 0 atom stereocenters. The highest BCUT2D eigenvalue weighted by atomic mass is 15.2. The van der Waals surface area contributed by atoms with Crippen LogP contribution in [0.4, 0.5) is 17.2 Å². The summed E-state index contributed by atoms with van der Waals surface area (Å²) in [6, 6.07) is 60.7. The van der Waals surface area contributed by atoms with Gasteiger partial charge in [0.2, 0.25) is 0 Å². The first-order valence-corrected chi connectivity index (χ1v) is 20.1. The van der Waals surface area contributed by atoms with Gasteiger partial charge in [0.05, 0.1) is 22.4 Å². The summed E-state index contributed by atoms with van der Waals surface area (Å²) in [4.78, 5) is 21.3. The number of fused-ring (bicyclic) bond motifs is 5. The lowest BCUT2D eigenvalue weighted by Crippen LogP contribution is -2.16. The Morgan fingerprint density at radius 1 is 0.333 bits per heavy atom. The van der Waals surface area contributed by atoms with Gasteiger partial charge in [-0.3, -0.25) is 19.4 Å². The summed E-state index contributed by atoms with van der Waals surface area (Å²) < 4.78 is 2.31. The lowest BCUT2D eigenvalue weighted by Gasteiger charge is -2.33. The lowest BCUT2D eigenvalue weighted by atomic mass is 9.86. The zero-order chi connectivity index (χ0) is 39.6. The molecule has 6 nitrogen and oxygen atoms in total. The Hall–Kier alpha value is -8.22. The number of aromatic nitrogens is 5. The molecule has 0 spiro atoms. The van der Waals surface area contributed by atoms with Gasteiger partial charge >= 0.3 is 0 Å². The van der Waals surface area contributed by atoms with Crippen LogP contribution in [-0.4, -0.2) is 24.5 Å². The van der Waals surface area contributed by atoms with Crippen molar-refractivity contribution in [2.45, 2.75) is 0 Å². The SMILES string of the molecule is c1ccc(-c2ccc3c(c2)c2cc4c(cc2n3-c2cc(-c3cccnc3)ccn2)N(c2cc(-c3cccnc3)ccn2)c2cccc3c(-c5ccccc5)ccc-4c23)cc1. The van der Waals surface area contributed by atoms with E-state index in [0.29, 0.717) is 0 Å². The molecule has 0 saturated carbocycles. The highest BCUT2D eigenvalue weighted by Gasteiger charge is 2.30. The van der Waals surface area contributed by atoms with Gasteiger partial charge in [-0.1, -0.05) is 103 Å². The molecule has 6 heteroatoms. The minimum Gasteiger partial charge on any atom is -0.294 e. The van der Waals surface area contributed by atoms with Crippen LogP contribution >= 0.6 is 0 Å². The van der Waals surface area contributed by atoms with Gasteiger partial charge in [0.1, 0.15) is 11.6 Å². The van der Waals surface area contributed by atoms with Gasteiger partial charge in [0.15, 0.2) is 0 Å². The molecule has 0 amide bonds. The molecule has 0 saturated heterocycles. The number of nitrogens with zero attached hydrogens (tertiary/aromatic N) is 6. The molecule has 0 unspecified atom stereocenters. The van der Waals surface area contributed by atoms with E-state index in [4.69, 9.17) is 9.97 Å². The largest absolute Gasteiger partial charge is 0.294 e. The molecule has 0 bridgehead atoms. The van der Waals surface area contributed by atoms with Gasteiger partial charge in [-0.05, 0) is 111 Å². The van der Waals surface area contributed by atoms with Gasteiger partial charge in [-0.25, -0.2) is 9.97 Å². The normalized spacial score (nSPS) is 12.0. The molecule has 60 heavy (non-hydrogen) atoms. The summed E-state index contributed by atoms with van der Waals surface area (Å²) in [5.41, 5.74) is 15.5. The van der Waals surface area contributed by atoms with Crippen molar-refractivity contribution in [2.24, 2.45) is 0 Å². The second-order valence-electron chi connectivity index (χ2n) is 15.2. The maximum atomic E-state index is 5.10. The fourth-order valence-corrected chi connectivity index (χ4v) is 9.06. The van der Waals surface area contributed by atoms with E-state index in [2.05, 4.69) is 171 Å². The zero-order valence-corrected chi connectivity index (χ0v) is 32.3. The van der Waals surface area contributed by atoms with Crippen LogP contribution in [0.15, 0.2) is 207 Å². The average molecular weight is 767 g/mol. The summed E-state index contributed by atoms with van der Waals surface area (Å²) in [5.74, 6) is 1.66. The molecule has 280 valence electrons. The first-order chi connectivity index (χ1) is 29.8. The summed E-state index contributed by atoms with van der Waals surface area (Å²) in [5, 5.41) is 4.69. The number of anilines is 3. The zero-order valence-electron chi connectivity index (χ0n) is 32.3. The predicted octanol–water partition coefficient (Wildman–Crippen LogP) is 13.6. The summed E-state index contributed by atoms with van der Waals surface area (Å²) >= 11 is 0. The number of hydrogen-bond donors (Lipinski definition) is 0. The van der Waals surface area contributed by atoms with Gasteiger partial charge in [-0.2, -0.15) is 0 Å². The molecule has 12 rings (SSSR count). The van der Waals surface area contributed by atoms with Crippen LogP contribution < -0.4 is 4.90 Å². The first kappa shape index (κ1) is 33.9. The second kappa shape index (κ2) is 13.7. The highest BCUT2D eigenvalue weighted by Crippen LogP contribution is 2.54. The molecule has 1 aliphatic heterocycles. The molecule has 6 heterocycles. The fourth-order valence-electron chi connectivity index (χ4n) is 9.06. The molecule has 6 aromatic carbocycles. The van der Waals surface area contributed by atoms with Crippen LogP contribution in [0.3, 0.4) is 0 Å². The van der Waals surface area contributed by atoms with Crippen molar-refractivity contribution in [3.63, 3.8) is 0 Å². The van der Waals surface area contributed by atoms with Crippen LogP contribution in [0.2, 0.25) is 0 Å². The predicted molar refractivity (Wildman–Crippen MR) is 245 cm³/mol. The molecule has 1 aliphatic rings. The maximum absolute atomic E-state index is 5.10. The van der Waals surface area contributed by atoms with E-state index >= 15 is 0 Å². The monoisotopic (exact) mass is 766 g/mol. The quantitative estimate of drug-likeness (QED) is 0.169. The minimum atomic E-state index is 0.825. The molecule has 0 N–H and O–H groups in total. The van der Waals surface area contributed by atoms with Crippen molar-refractivity contribution in [1.29, 1.82) is 0 Å². The van der Waals surface area contributed by atoms with E-state index in [0.717, 1.165) is 78.2 Å². The Morgan fingerprint density at radius 3 is 1.68 bits per heavy atom. The summed E-state index contributed by atoms with van der Waals surface area (Å²) in [6.07, 6.45) is 11.2. The molecular formula is C54H34N6. The van der Waals surface area contributed by atoms with Crippen molar-refractivity contribution in [2.75, 3.05) is 4.90 Å². The van der Waals surface area contributed by atoms with E-state index in [9.17, 15) is 0 Å². The topological polar surface area (TPSA) is 59.7 Å².